The van der Waals surface area contributed by atoms with E-state index < -0.39 is 0 Å². The highest BCUT2D eigenvalue weighted by molar-refractivity contribution is 8.00. The van der Waals surface area contributed by atoms with Crippen LogP contribution in [0, 0.1) is 6.92 Å². The van der Waals surface area contributed by atoms with Crippen LogP contribution < -0.4 is 5.32 Å². The second-order valence-corrected chi connectivity index (χ2v) is 6.41. The monoisotopic (exact) mass is 319 g/mol. The molecule has 2 aromatic rings. The zero-order valence-electron chi connectivity index (χ0n) is 12.1. The van der Waals surface area contributed by atoms with Crippen molar-refractivity contribution in [1.29, 1.82) is 0 Å². The molecule has 0 heterocycles. The topological polar surface area (TPSA) is 29.1 Å². The maximum absolute atomic E-state index is 12.4. The number of carbonyl (C=O) groups is 1. The van der Waals surface area contributed by atoms with Gasteiger partial charge < -0.3 is 5.32 Å². The van der Waals surface area contributed by atoms with Crippen molar-refractivity contribution in [2.45, 2.75) is 30.4 Å². The molecule has 1 atom stereocenters. The summed E-state index contributed by atoms with van der Waals surface area (Å²) in [7, 11) is 0. The molecule has 4 heteroatoms. The van der Waals surface area contributed by atoms with Gasteiger partial charge in [-0.25, -0.2) is 0 Å². The highest BCUT2D eigenvalue weighted by Gasteiger charge is 2.18. The van der Waals surface area contributed by atoms with Gasteiger partial charge in [-0.15, -0.1) is 11.8 Å². The number of hydrogen-bond acceptors (Lipinski definition) is 2. The predicted molar refractivity (Wildman–Crippen MR) is 91.2 cm³/mol. The molecule has 0 aliphatic rings. The molecule has 0 aromatic heterocycles. The Labute approximate surface area is 134 Å². The molecular weight excluding hydrogens is 302 g/mol. The molecule has 0 radical (unpaired) electrons. The Balaban J connectivity index is 2.08. The van der Waals surface area contributed by atoms with Crippen LogP contribution in [-0.4, -0.2) is 11.2 Å². The van der Waals surface area contributed by atoms with Gasteiger partial charge in [0.25, 0.3) is 0 Å². The lowest BCUT2D eigenvalue weighted by Gasteiger charge is -2.16. The molecule has 110 valence electrons. The highest BCUT2D eigenvalue weighted by Crippen LogP contribution is 2.28. The van der Waals surface area contributed by atoms with Gasteiger partial charge in [0.2, 0.25) is 5.91 Å². The van der Waals surface area contributed by atoms with Crippen LogP contribution >= 0.6 is 23.4 Å². The Morgan fingerprint density at radius 1 is 1.19 bits per heavy atom. The fourth-order valence-electron chi connectivity index (χ4n) is 1.94. The third-order valence-corrected chi connectivity index (χ3v) is 5.00. The first-order valence-corrected chi connectivity index (χ1v) is 8.15. The SMILES string of the molecule is CCC(Sc1ccccc1)C(=O)Nc1cccc(Cl)c1C. The van der Waals surface area contributed by atoms with Gasteiger partial charge in [-0.2, -0.15) is 0 Å². The van der Waals surface area contributed by atoms with E-state index in [-0.39, 0.29) is 11.2 Å². The molecule has 1 amide bonds. The fourth-order valence-corrected chi connectivity index (χ4v) is 3.09. The zero-order valence-corrected chi connectivity index (χ0v) is 13.7. The van der Waals surface area contributed by atoms with E-state index in [4.69, 9.17) is 11.6 Å². The average molecular weight is 320 g/mol. The van der Waals surface area contributed by atoms with Crippen molar-refractivity contribution in [3.05, 3.63) is 59.1 Å². The van der Waals surface area contributed by atoms with Gasteiger partial charge in [0.1, 0.15) is 0 Å². The number of hydrogen-bond donors (Lipinski definition) is 1. The first-order valence-electron chi connectivity index (χ1n) is 6.89. The number of halogens is 1. The summed E-state index contributed by atoms with van der Waals surface area (Å²) in [5.74, 6) is 0.0109. The van der Waals surface area contributed by atoms with Crippen molar-refractivity contribution >= 4 is 35.0 Å². The zero-order chi connectivity index (χ0) is 15.2. The van der Waals surface area contributed by atoms with Crippen molar-refractivity contribution < 1.29 is 4.79 Å². The first kappa shape index (κ1) is 15.9. The summed E-state index contributed by atoms with van der Waals surface area (Å²) in [6, 6.07) is 15.5. The Bertz CT molecular complexity index is 615. The third-order valence-electron chi connectivity index (χ3n) is 3.21. The molecule has 1 unspecified atom stereocenters. The molecule has 2 aromatic carbocycles. The van der Waals surface area contributed by atoms with E-state index in [1.165, 1.54) is 0 Å². The van der Waals surface area contributed by atoms with Gasteiger partial charge in [-0.05, 0) is 43.2 Å². The number of carbonyl (C=O) groups excluding carboxylic acids is 1. The molecule has 0 saturated heterocycles. The molecule has 21 heavy (non-hydrogen) atoms. The van der Waals surface area contributed by atoms with Crippen LogP contribution in [0.25, 0.3) is 0 Å². The molecule has 0 bridgehead atoms. The number of anilines is 1. The van der Waals surface area contributed by atoms with E-state index in [1.807, 2.05) is 62.4 Å². The lowest BCUT2D eigenvalue weighted by Crippen LogP contribution is -2.24. The van der Waals surface area contributed by atoms with Crippen LogP contribution in [-0.2, 0) is 4.79 Å². The molecule has 0 aliphatic carbocycles. The Morgan fingerprint density at radius 3 is 2.57 bits per heavy atom. The van der Waals surface area contributed by atoms with Crippen molar-refractivity contribution in [2.75, 3.05) is 5.32 Å². The van der Waals surface area contributed by atoms with E-state index in [0.29, 0.717) is 5.02 Å². The van der Waals surface area contributed by atoms with Gasteiger partial charge in [0.15, 0.2) is 0 Å². The fraction of sp³-hybridized carbons (Fsp3) is 0.235. The van der Waals surface area contributed by atoms with Gasteiger partial charge in [0.05, 0.1) is 5.25 Å². The number of benzene rings is 2. The van der Waals surface area contributed by atoms with Gasteiger partial charge in [-0.1, -0.05) is 42.8 Å². The summed E-state index contributed by atoms with van der Waals surface area (Å²) in [5, 5.41) is 3.52. The summed E-state index contributed by atoms with van der Waals surface area (Å²) in [6.07, 6.45) is 0.769. The van der Waals surface area contributed by atoms with Crippen LogP contribution in [0.15, 0.2) is 53.4 Å². The van der Waals surface area contributed by atoms with Crippen molar-refractivity contribution in [3.63, 3.8) is 0 Å². The Hall–Kier alpha value is -1.45. The molecule has 0 saturated carbocycles. The van der Waals surface area contributed by atoms with E-state index in [1.54, 1.807) is 11.8 Å². The van der Waals surface area contributed by atoms with Gasteiger partial charge >= 0.3 is 0 Å². The van der Waals surface area contributed by atoms with Crippen LogP contribution in [0.2, 0.25) is 5.02 Å². The lowest BCUT2D eigenvalue weighted by molar-refractivity contribution is -0.115. The maximum atomic E-state index is 12.4. The predicted octanol–water partition coefficient (Wildman–Crippen LogP) is 5.16. The second kappa shape index (κ2) is 7.53. The number of nitrogens with one attached hydrogen (secondary N) is 1. The van der Waals surface area contributed by atoms with Gasteiger partial charge in [0, 0.05) is 15.6 Å². The summed E-state index contributed by atoms with van der Waals surface area (Å²) < 4.78 is 0. The Morgan fingerprint density at radius 2 is 1.90 bits per heavy atom. The standard InChI is InChI=1S/C17H18ClNOS/c1-3-16(21-13-8-5-4-6-9-13)17(20)19-15-11-7-10-14(18)12(15)2/h4-11,16H,3H2,1-2H3,(H,19,20). The van der Waals surface area contributed by atoms with Crippen LogP contribution in [0.5, 0.6) is 0 Å². The van der Waals surface area contributed by atoms with E-state index in [2.05, 4.69) is 5.32 Å². The summed E-state index contributed by atoms with van der Waals surface area (Å²) in [4.78, 5) is 13.5. The number of thioether (sulfide) groups is 1. The summed E-state index contributed by atoms with van der Waals surface area (Å²) >= 11 is 7.67. The van der Waals surface area contributed by atoms with Crippen molar-refractivity contribution in [2.24, 2.45) is 0 Å². The average Bonchev–Trinajstić information content (AvgIpc) is 2.50. The number of rotatable bonds is 5. The highest BCUT2D eigenvalue weighted by atomic mass is 35.5. The minimum absolute atomic E-state index is 0.0109. The van der Waals surface area contributed by atoms with Crippen molar-refractivity contribution in [3.8, 4) is 0 Å². The molecular formula is C17H18ClNOS. The van der Waals surface area contributed by atoms with E-state index >= 15 is 0 Å². The summed E-state index contributed by atoms with van der Waals surface area (Å²) in [5.41, 5.74) is 1.67. The molecule has 0 spiro atoms. The second-order valence-electron chi connectivity index (χ2n) is 4.73. The summed E-state index contributed by atoms with van der Waals surface area (Å²) in [6.45, 7) is 3.92. The third kappa shape index (κ3) is 4.26. The minimum Gasteiger partial charge on any atom is -0.325 e. The molecule has 2 rings (SSSR count). The van der Waals surface area contributed by atoms with Crippen LogP contribution in [0.1, 0.15) is 18.9 Å². The van der Waals surface area contributed by atoms with E-state index in [0.717, 1.165) is 22.6 Å². The van der Waals surface area contributed by atoms with Crippen LogP contribution in [0.4, 0.5) is 5.69 Å². The van der Waals surface area contributed by atoms with E-state index in [9.17, 15) is 4.79 Å². The smallest absolute Gasteiger partial charge is 0.237 e. The molecule has 0 fully saturated rings. The molecule has 2 nitrogen and oxygen atoms in total. The van der Waals surface area contributed by atoms with Gasteiger partial charge in [-0.3, -0.25) is 4.79 Å². The molecule has 1 N–H and O–H groups in total. The normalized spacial score (nSPS) is 12.0. The largest absolute Gasteiger partial charge is 0.325 e. The van der Waals surface area contributed by atoms with Crippen molar-refractivity contribution in [1.82, 2.24) is 0 Å². The maximum Gasteiger partial charge on any atom is 0.237 e. The quantitative estimate of drug-likeness (QED) is 0.771. The minimum atomic E-state index is -0.120. The first-order chi connectivity index (χ1) is 10.1. The Kier molecular flexibility index (Phi) is 5.71. The van der Waals surface area contributed by atoms with Crippen LogP contribution in [0.3, 0.4) is 0 Å². The number of amides is 1. The molecule has 0 aliphatic heterocycles. The lowest BCUT2D eigenvalue weighted by atomic mass is 10.2.